The largest absolute Gasteiger partial charge is 0.478 e. The van der Waals surface area contributed by atoms with Crippen molar-refractivity contribution >= 4 is 11.8 Å². The molecule has 2 heterocycles. The number of aromatic nitrogens is 1. The Labute approximate surface area is 113 Å². The Kier molecular flexibility index (Phi) is 4.37. The number of hydrogen-bond acceptors (Lipinski definition) is 4. The lowest BCUT2D eigenvalue weighted by Gasteiger charge is -2.27. The first kappa shape index (κ1) is 13.8. The zero-order chi connectivity index (χ0) is 13.8. The van der Waals surface area contributed by atoms with Crippen LogP contribution in [0.4, 0.5) is 5.82 Å². The van der Waals surface area contributed by atoms with Crippen LogP contribution in [0.3, 0.4) is 0 Å². The molecule has 104 valence electrons. The normalized spacial score (nSPS) is 16.6. The molecule has 19 heavy (non-hydrogen) atoms. The standard InChI is InChI=1S/C14H21N3O2/c1-10(2)12-8-11(14(18)19)9-13(15-12)16-17-6-4-3-5-7-17/h8-10H,3-7H2,1-2H3,(H,15,16)(H,18,19). The summed E-state index contributed by atoms with van der Waals surface area (Å²) in [6, 6.07) is 3.25. The maximum absolute atomic E-state index is 11.2. The Hall–Kier alpha value is -1.62. The number of carboxylic acids is 1. The van der Waals surface area contributed by atoms with E-state index in [1.54, 1.807) is 12.1 Å². The minimum atomic E-state index is -0.911. The second-order valence-corrected chi connectivity index (χ2v) is 5.29. The Bertz CT molecular complexity index is 454. The lowest BCUT2D eigenvalue weighted by atomic mass is 10.1. The molecule has 1 fully saturated rings. The van der Waals surface area contributed by atoms with Gasteiger partial charge in [0.2, 0.25) is 0 Å². The zero-order valence-electron chi connectivity index (χ0n) is 11.5. The van der Waals surface area contributed by atoms with Gasteiger partial charge in [-0.25, -0.2) is 14.8 Å². The number of carbonyl (C=O) groups is 1. The molecule has 1 saturated heterocycles. The molecular formula is C14H21N3O2. The molecule has 0 atom stereocenters. The van der Waals surface area contributed by atoms with Gasteiger partial charge in [-0.05, 0) is 30.9 Å². The number of piperidine rings is 1. The highest BCUT2D eigenvalue weighted by atomic mass is 16.4. The van der Waals surface area contributed by atoms with E-state index in [1.165, 1.54) is 19.3 Å². The minimum Gasteiger partial charge on any atom is -0.478 e. The minimum absolute atomic E-state index is 0.209. The van der Waals surface area contributed by atoms with E-state index in [9.17, 15) is 4.79 Å². The van der Waals surface area contributed by atoms with Crippen molar-refractivity contribution in [2.75, 3.05) is 18.5 Å². The second kappa shape index (κ2) is 6.02. The van der Waals surface area contributed by atoms with Gasteiger partial charge in [0.1, 0.15) is 5.82 Å². The predicted molar refractivity (Wildman–Crippen MR) is 74.3 cm³/mol. The zero-order valence-corrected chi connectivity index (χ0v) is 11.5. The molecule has 0 bridgehead atoms. The smallest absolute Gasteiger partial charge is 0.335 e. The van der Waals surface area contributed by atoms with Crippen LogP contribution in [0.2, 0.25) is 0 Å². The van der Waals surface area contributed by atoms with Gasteiger partial charge >= 0.3 is 5.97 Å². The lowest BCUT2D eigenvalue weighted by Crippen LogP contribution is -2.35. The number of hydrogen-bond donors (Lipinski definition) is 2. The fourth-order valence-corrected chi connectivity index (χ4v) is 2.20. The van der Waals surface area contributed by atoms with Gasteiger partial charge in [0, 0.05) is 18.8 Å². The summed E-state index contributed by atoms with van der Waals surface area (Å²) in [7, 11) is 0. The molecule has 1 aromatic heterocycles. The van der Waals surface area contributed by atoms with E-state index >= 15 is 0 Å². The monoisotopic (exact) mass is 263 g/mol. The summed E-state index contributed by atoms with van der Waals surface area (Å²) in [5.41, 5.74) is 4.33. The third-order valence-corrected chi connectivity index (χ3v) is 3.31. The van der Waals surface area contributed by atoms with E-state index in [4.69, 9.17) is 5.11 Å². The van der Waals surface area contributed by atoms with E-state index in [-0.39, 0.29) is 5.92 Å². The van der Waals surface area contributed by atoms with Crippen molar-refractivity contribution in [2.45, 2.75) is 39.0 Å². The molecular weight excluding hydrogens is 242 g/mol. The highest BCUT2D eigenvalue weighted by molar-refractivity contribution is 5.88. The van der Waals surface area contributed by atoms with Gasteiger partial charge < -0.3 is 10.5 Å². The molecule has 2 rings (SSSR count). The fraction of sp³-hybridized carbons (Fsp3) is 0.571. The Morgan fingerprint density at radius 2 is 2.00 bits per heavy atom. The number of nitrogens with one attached hydrogen (secondary N) is 1. The van der Waals surface area contributed by atoms with E-state index in [1.807, 2.05) is 13.8 Å². The number of aromatic carboxylic acids is 1. The van der Waals surface area contributed by atoms with Crippen LogP contribution < -0.4 is 5.43 Å². The second-order valence-electron chi connectivity index (χ2n) is 5.29. The number of pyridine rings is 1. The average Bonchev–Trinajstić information content (AvgIpc) is 2.39. The predicted octanol–water partition coefficient (Wildman–Crippen LogP) is 2.72. The summed E-state index contributed by atoms with van der Waals surface area (Å²) in [5.74, 6) is -0.0716. The maximum Gasteiger partial charge on any atom is 0.335 e. The average molecular weight is 263 g/mol. The molecule has 1 aliphatic heterocycles. The SMILES string of the molecule is CC(C)c1cc(C(=O)O)cc(NN2CCCCC2)n1. The molecule has 1 aromatic rings. The van der Waals surface area contributed by atoms with Gasteiger partial charge in [-0.2, -0.15) is 0 Å². The molecule has 1 aliphatic rings. The number of carboxylic acid groups (broad SMARTS) is 1. The summed E-state index contributed by atoms with van der Waals surface area (Å²) in [5, 5.41) is 11.3. The molecule has 0 amide bonds. The first-order chi connectivity index (χ1) is 9.06. The van der Waals surface area contributed by atoms with Crippen molar-refractivity contribution < 1.29 is 9.90 Å². The van der Waals surface area contributed by atoms with Crippen LogP contribution in [0.5, 0.6) is 0 Å². The topological polar surface area (TPSA) is 65.5 Å². The number of nitrogens with zero attached hydrogens (tertiary/aromatic N) is 2. The molecule has 5 nitrogen and oxygen atoms in total. The van der Waals surface area contributed by atoms with Crippen LogP contribution >= 0.6 is 0 Å². The van der Waals surface area contributed by atoms with E-state index in [0.717, 1.165) is 18.8 Å². The van der Waals surface area contributed by atoms with Crippen molar-refractivity contribution in [3.05, 3.63) is 23.4 Å². The molecule has 0 aromatic carbocycles. The molecule has 0 saturated carbocycles. The number of hydrazine groups is 1. The third kappa shape index (κ3) is 3.67. The van der Waals surface area contributed by atoms with Crippen LogP contribution in [-0.2, 0) is 0 Å². The van der Waals surface area contributed by atoms with Crippen molar-refractivity contribution in [1.29, 1.82) is 0 Å². The number of rotatable bonds is 4. The molecule has 2 N–H and O–H groups in total. The summed E-state index contributed by atoms with van der Waals surface area (Å²) < 4.78 is 0. The molecule has 0 spiro atoms. The third-order valence-electron chi connectivity index (χ3n) is 3.31. The maximum atomic E-state index is 11.2. The van der Waals surface area contributed by atoms with Crippen molar-refractivity contribution in [3.8, 4) is 0 Å². The van der Waals surface area contributed by atoms with Gasteiger partial charge in [-0.3, -0.25) is 0 Å². The summed E-state index contributed by atoms with van der Waals surface area (Å²) in [6.45, 7) is 5.99. The van der Waals surface area contributed by atoms with Gasteiger partial charge in [0.25, 0.3) is 0 Å². The van der Waals surface area contributed by atoms with E-state index in [0.29, 0.717) is 11.4 Å². The van der Waals surface area contributed by atoms with Crippen LogP contribution in [-0.4, -0.2) is 34.2 Å². The molecule has 0 aliphatic carbocycles. The Balaban J connectivity index is 2.20. The number of anilines is 1. The van der Waals surface area contributed by atoms with Gasteiger partial charge in [0.05, 0.1) is 5.56 Å². The highest BCUT2D eigenvalue weighted by Gasteiger charge is 2.14. The first-order valence-electron chi connectivity index (χ1n) is 6.83. The quantitative estimate of drug-likeness (QED) is 0.874. The van der Waals surface area contributed by atoms with E-state index < -0.39 is 5.97 Å². The van der Waals surface area contributed by atoms with Crippen LogP contribution in [0, 0.1) is 0 Å². The van der Waals surface area contributed by atoms with Gasteiger partial charge in [0.15, 0.2) is 0 Å². The van der Waals surface area contributed by atoms with Crippen LogP contribution in [0.1, 0.15) is 55.1 Å². The molecule has 5 heteroatoms. The summed E-state index contributed by atoms with van der Waals surface area (Å²) in [4.78, 5) is 15.6. The van der Waals surface area contributed by atoms with Gasteiger partial charge in [-0.1, -0.05) is 20.3 Å². The van der Waals surface area contributed by atoms with Crippen molar-refractivity contribution in [1.82, 2.24) is 9.99 Å². The summed E-state index contributed by atoms with van der Waals surface area (Å²) >= 11 is 0. The van der Waals surface area contributed by atoms with Crippen molar-refractivity contribution in [2.24, 2.45) is 0 Å². The Morgan fingerprint density at radius 1 is 1.32 bits per heavy atom. The molecule has 0 radical (unpaired) electrons. The van der Waals surface area contributed by atoms with Gasteiger partial charge in [-0.15, -0.1) is 0 Å². The van der Waals surface area contributed by atoms with E-state index in [2.05, 4.69) is 15.4 Å². The van der Waals surface area contributed by atoms with Crippen LogP contribution in [0.25, 0.3) is 0 Å². The lowest BCUT2D eigenvalue weighted by molar-refractivity contribution is 0.0696. The fourth-order valence-electron chi connectivity index (χ4n) is 2.20. The highest BCUT2D eigenvalue weighted by Crippen LogP contribution is 2.19. The molecule has 0 unspecified atom stereocenters. The summed E-state index contributed by atoms with van der Waals surface area (Å²) in [6.07, 6.45) is 3.60. The first-order valence-corrected chi connectivity index (χ1v) is 6.83. The van der Waals surface area contributed by atoms with Crippen molar-refractivity contribution in [3.63, 3.8) is 0 Å². The Morgan fingerprint density at radius 3 is 2.58 bits per heavy atom. The van der Waals surface area contributed by atoms with Crippen LogP contribution in [0.15, 0.2) is 12.1 Å².